The standard InChI is InChI=1S/C17H17F2NO/c18-15-8-13(10-20-14-6-7-14)9-16(19)17(15)21-11-12-4-2-1-3-5-12/h1-5,8-9,14,20H,6-7,10-11H2. The molecule has 0 bridgehead atoms. The molecule has 4 heteroatoms. The van der Waals surface area contributed by atoms with Crippen LogP contribution >= 0.6 is 0 Å². The Kier molecular flexibility index (Phi) is 4.15. The topological polar surface area (TPSA) is 21.3 Å². The van der Waals surface area contributed by atoms with Crippen LogP contribution in [0.5, 0.6) is 5.75 Å². The molecule has 2 aromatic rings. The molecule has 1 fully saturated rings. The van der Waals surface area contributed by atoms with E-state index in [1.165, 1.54) is 12.1 Å². The van der Waals surface area contributed by atoms with Gasteiger partial charge < -0.3 is 10.1 Å². The van der Waals surface area contributed by atoms with Crippen molar-refractivity contribution in [3.05, 3.63) is 65.2 Å². The van der Waals surface area contributed by atoms with Crippen molar-refractivity contribution in [3.63, 3.8) is 0 Å². The monoisotopic (exact) mass is 289 g/mol. The molecule has 3 rings (SSSR count). The molecule has 1 N–H and O–H groups in total. The second kappa shape index (κ2) is 6.22. The Labute approximate surface area is 122 Å². The van der Waals surface area contributed by atoms with E-state index in [0.29, 0.717) is 18.2 Å². The first-order valence-corrected chi connectivity index (χ1v) is 7.10. The van der Waals surface area contributed by atoms with Crippen LogP contribution in [0.2, 0.25) is 0 Å². The summed E-state index contributed by atoms with van der Waals surface area (Å²) in [6.45, 7) is 0.631. The summed E-state index contributed by atoms with van der Waals surface area (Å²) in [6.07, 6.45) is 2.28. The Bertz CT molecular complexity index is 588. The van der Waals surface area contributed by atoms with Crippen molar-refractivity contribution in [1.29, 1.82) is 0 Å². The van der Waals surface area contributed by atoms with Crippen LogP contribution < -0.4 is 10.1 Å². The number of hydrogen-bond acceptors (Lipinski definition) is 2. The summed E-state index contributed by atoms with van der Waals surface area (Å²) in [4.78, 5) is 0. The zero-order valence-corrected chi connectivity index (χ0v) is 11.6. The van der Waals surface area contributed by atoms with Gasteiger partial charge in [0.2, 0.25) is 0 Å². The Morgan fingerprint density at radius 1 is 1.00 bits per heavy atom. The van der Waals surface area contributed by atoms with Gasteiger partial charge in [0.05, 0.1) is 0 Å². The zero-order chi connectivity index (χ0) is 14.7. The van der Waals surface area contributed by atoms with Gasteiger partial charge in [-0.15, -0.1) is 0 Å². The van der Waals surface area contributed by atoms with Crippen LogP contribution in [0.4, 0.5) is 8.78 Å². The van der Waals surface area contributed by atoms with Crippen LogP contribution in [0, 0.1) is 11.6 Å². The highest BCUT2D eigenvalue weighted by Gasteiger charge is 2.20. The third-order valence-corrected chi connectivity index (χ3v) is 3.46. The molecule has 0 unspecified atom stereocenters. The van der Waals surface area contributed by atoms with Crippen LogP contribution in [0.3, 0.4) is 0 Å². The fourth-order valence-electron chi connectivity index (χ4n) is 2.13. The van der Waals surface area contributed by atoms with E-state index < -0.39 is 11.6 Å². The summed E-state index contributed by atoms with van der Waals surface area (Å²) in [5, 5.41) is 3.23. The maximum Gasteiger partial charge on any atom is 0.191 e. The quantitative estimate of drug-likeness (QED) is 0.873. The Morgan fingerprint density at radius 2 is 1.67 bits per heavy atom. The fraction of sp³-hybridized carbons (Fsp3) is 0.294. The molecule has 1 saturated carbocycles. The number of rotatable bonds is 6. The van der Waals surface area contributed by atoms with Crippen molar-refractivity contribution in [2.24, 2.45) is 0 Å². The summed E-state index contributed by atoms with van der Waals surface area (Å²) in [6, 6.07) is 12.5. The molecular weight excluding hydrogens is 272 g/mol. The lowest BCUT2D eigenvalue weighted by Crippen LogP contribution is -2.15. The summed E-state index contributed by atoms with van der Waals surface area (Å²) in [5.74, 6) is -1.62. The molecule has 0 amide bonds. The second-order valence-corrected chi connectivity index (χ2v) is 5.32. The molecule has 0 radical (unpaired) electrons. The van der Waals surface area contributed by atoms with Crippen molar-refractivity contribution >= 4 is 0 Å². The van der Waals surface area contributed by atoms with Crippen LogP contribution in [-0.4, -0.2) is 6.04 Å². The van der Waals surface area contributed by atoms with Crippen LogP contribution in [-0.2, 0) is 13.2 Å². The maximum atomic E-state index is 14.0. The first-order valence-electron chi connectivity index (χ1n) is 7.10. The van der Waals surface area contributed by atoms with E-state index in [1.54, 1.807) is 0 Å². The molecule has 1 aliphatic carbocycles. The molecule has 1 aliphatic rings. The van der Waals surface area contributed by atoms with E-state index in [4.69, 9.17) is 4.74 Å². The van der Waals surface area contributed by atoms with E-state index >= 15 is 0 Å². The first kappa shape index (κ1) is 14.0. The molecule has 0 spiro atoms. The molecule has 21 heavy (non-hydrogen) atoms. The zero-order valence-electron chi connectivity index (χ0n) is 11.6. The van der Waals surface area contributed by atoms with Gasteiger partial charge in [-0.2, -0.15) is 0 Å². The minimum atomic E-state index is -0.654. The molecule has 0 atom stereocenters. The minimum Gasteiger partial charge on any atom is -0.483 e. The van der Waals surface area contributed by atoms with Gasteiger partial charge in [-0.3, -0.25) is 0 Å². The Balaban J connectivity index is 1.66. The van der Waals surface area contributed by atoms with Crippen molar-refractivity contribution in [3.8, 4) is 5.75 Å². The molecule has 2 nitrogen and oxygen atoms in total. The van der Waals surface area contributed by atoms with Crippen molar-refractivity contribution in [1.82, 2.24) is 5.32 Å². The van der Waals surface area contributed by atoms with E-state index in [1.807, 2.05) is 30.3 Å². The number of nitrogens with one attached hydrogen (secondary N) is 1. The Morgan fingerprint density at radius 3 is 2.29 bits per heavy atom. The van der Waals surface area contributed by atoms with Gasteiger partial charge in [0.15, 0.2) is 17.4 Å². The maximum absolute atomic E-state index is 14.0. The number of halogens is 2. The van der Waals surface area contributed by atoms with Gasteiger partial charge in [0.1, 0.15) is 6.61 Å². The molecule has 2 aromatic carbocycles. The Hall–Kier alpha value is -1.94. The summed E-state index contributed by atoms with van der Waals surface area (Å²) < 4.78 is 33.2. The minimum absolute atomic E-state index is 0.147. The normalized spacial score (nSPS) is 14.2. The van der Waals surface area contributed by atoms with Crippen molar-refractivity contribution < 1.29 is 13.5 Å². The number of hydrogen-bond donors (Lipinski definition) is 1. The fourth-order valence-corrected chi connectivity index (χ4v) is 2.13. The molecule has 0 aliphatic heterocycles. The van der Waals surface area contributed by atoms with E-state index in [-0.39, 0.29) is 12.4 Å². The highest BCUT2D eigenvalue weighted by molar-refractivity contribution is 5.31. The van der Waals surface area contributed by atoms with Crippen LogP contribution in [0.15, 0.2) is 42.5 Å². The third-order valence-electron chi connectivity index (χ3n) is 3.46. The molecule has 0 aromatic heterocycles. The predicted molar refractivity (Wildman–Crippen MR) is 77.0 cm³/mol. The number of ether oxygens (including phenoxy) is 1. The van der Waals surface area contributed by atoms with Gasteiger partial charge in [-0.1, -0.05) is 30.3 Å². The SMILES string of the molecule is Fc1cc(CNC2CC2)cc(F)c1OCc1ccccc1. The molecule has 0 saturated heterocycles. The predicted octanol–water partition coefficient (Wildman–Crippen LogP) is 3.80. The summed E-state index contributed by atoms with van der Waals surface area (Å²) in [7, 11) is 0. The van der Waals surface area contributed by atoms with Gasteiger partial charge in [0.25, 0.3) is 0 Å². The van der Waals surface area contributed by atoms with Crippen molar-refractivity contribution in [2.45, 2.75) is 32.0 Å². The largest absolute Gasteiger partial charge is 0.483 e. The summed E-state index contributed by atoms with van der Waals surface area (Å²) >= 11 is 0. The lowest BCUT2D eigenvalue weighted by Gasteiger charge is -2.10. The van der Waals surface area contributed by atoms with Gasteiger partial charge in [-0.25, -0.2) is 8.78 Å². The van der Waals surface area contributed by atoms with Crippen LogP contribution in [0.1, 0.15) is 24.0 Å². The average molecular weight is 289 g/mol. The third kappa shape index (κ3) is 3.79. The van der Waals surface area contributed by atoms with Crippen molar-refractivity contribution in [2.75, 3.05) is 0 Å². The molecule has 0 heterocycles. The van der Waals surface area contributed by atoms with Crippen LogP contribution in [0.25, 0.3) is 0 Å². The highest BCUT2D eigenvalue weighted by Crippen LogP contribution is 2.25. The lowest BCUT2D eigenvalue weighted by molar-refractivity contribution is 0.273. The lowest BCUT2D eigenvalue weighted by atomic mass is 10.2. The van der Waals surface area contributed by atoms with E-state index in [9.17, 15) is 8.78 Å². The van der Waals surface area contributed by atoms with E-state index in [0.717, 1.165) is 18.4 Å². The highest BCUT2D eigenvalue weighted by atomic mass is 19.1. The van der Waals surface area contributed by atoms with E-state index in [2.05, 4.69) is 5.32 Å². The second-order valence-electron chi connectivity index (χ2n) is 5.32. The molecular formula is C17H17F2NO. The first-order chi connectivity index (χ1) is 10.2. The molecule has 110 valence electrons. The number of benzene rings is 2. The van der Waals surface area contributed by atoms with Gasteiger partial charge >= 0.3 is 0 Å². The smallest absolute Gasteiger partial charge is 0.191 e. The van der Waals surface area contributed by atoms with Gasteiger partial charge in [0, 0.05) is 12.6 Å². The van der Waals surface area contributed by atoms with Gasteiger partial charge in [-0.05, 0) is 36.1 Å². The summed E-state index contributed by atoms with van der Waals surface area (Å²) in [5.41, 5.74) is 1.47. The average Bonchev–Trinajstić information content (AvgIpc) is 3.29.